The zero-order valence-corrected chi connectivity index (χ0v) is 14.4. The number of carbonyl (C=O) groups is 2. The van der Waals surface area contributed by atoms with Gasteiger partial charge in [0.15, 0.2) is 0 Å². The molecule has 1 aromatic carbocycles. The van der Waals surface area contributed by atoms with Crippen LogP contribution in [0.15, 0.2) is 30.5 Å². The number of halogens is 2. The van der Waals surface area contributed by atoms with Gasteiger partial charge in [-0.15, -0.1) is 0 Å². The van der Waals surface area contributed by atoms with E-state index in [0.717, 1.165) is 11.1 Å². The van der Waals surface area contributed by atoms with Gasteiger partial charge in [0.1, 0.15) is 5.69 Å². The summed E-state index contributed by atoms with van der Waals surface area (Å²) in [6.45, 7) is 2.49. The number of hydrogen-bond donors (Lipinski definition) is 1. The molecule has 2 amide bonds. The van der Waals surface area contributed by atoms with Crippen molar-refractivity contribution < 1.29 is 9.59 Å². The second-order valence-corrected chi connectivity index (χ2v) is 6.52. The molecule has 0 fully saturated rings. The second-order valence-electron chi connectivity index (χ2n) is 5.68. The standard InChI is InChI=1S/C17H15Cl2N3O2/c1-9-13-6-11(18)7-14(19)12(13)4-5-22(9)17(24)10-2-3-15(16(20)23)21-8-10/h2-3,6-9H,4-5H2,1H3,(H2,20,23)/t9-/m0/s1. The number of nitrogens with zero attached hydrogens (tertiary/aromatic N) is 2. The summed E-state index contributed by atoms with van der Waals surface area (Å²) in [5.74, 6) is -0.786. The number of benzene rings is 1. The maximum absolute atomic E-state index is 12.8. The molecule has 3 rings (SSSR count). The monoisotopic (exact) mass is 363 g/mol. The molecule has 24 heavy (non-hydrogen) atoms. The van der Waals surface area contributed by atoms with Gasteiger partial charge >= 0.3 is 0 Å². The Morgan fingerprint density at radius 2 is 2.04 bits per heavy atom. The highest BCUT2D eigenvalue weighted by molar-refractivity contribution is 6.35. The van der Waals surface area contributed by atoms with Crippen LogP contribution in [0.4, 0.5) is 0 Å². The van der Waals surface area contributed by atoms with Crippen LogP contribution in [0.3, 0.4) is 0 Å². The summed E-state index contributed by atoms with van der Waals surface area (Å²) in [6.07, 6.45) is 2.03. The van der Waals surface area contributed by atoms with Crippen LogP contribution in [0.5, 0.6) is 0 Å². The Hall–Kier alpha value is -2.11. The van der Waals surface area contributed by atoms with Crippen molar-refractivity contribution >= 4 is 35.0 Å². The Morgan fingerprint density at radius 3 is 2.67 bits per heavy atom. The first kappa shape index (κ1) is 16.7. The van der Waals surface area contributed by atoms with Gasteiger partial charge in [0.25, 0.3) is 11.8 Å². The summed E-state index contributed by atoms with van der Waals surface area (Å²) in [4.78, 5) is 29.5. The predicted octanol–water partition coefficient (Wildman–Crippen LogP) is 3.25. The van der Waals surface area contributed by atoms with E-state index < -0.39 is 5.91 Å². The molecule has 2 heterocycles. The van der Waals surface area contributed by atoms with Crippen LogP contribution in [0.1, 0.15) is 44.9 Å². The Labute approximate surface area is 149 Å². The molecule has 0 radical (unpaired) electrons. The van der Waals surface area contributed by atoms with Gasteiger partial charge in [0.2, 0.25) is 0 Å². The zero-order chi connectivity index (χ0) is 17.4. The number of primary amides is 1. The lowest BCUT2D eigenvalue weighted by Crippen LogP contribution is -2.39. The normalized spacial score (nSPS) is 16.6. The number of carbonyl (C=O) groups excluding carboxylic acids is 2. The van der Waals surface area contributed by atoms with Gasteiger partial charge in [0, 0.05) is 22.8 Å². The van der Waals surface area contributed by atoms with Gasteiger partial charge in [-0.2, -0.15) is 0 Å². The van der Waals surface area contributed by atoms with Crippen LogP contribution in [0.25, 0.3) is 0 Å². The van der Waals surface area contributed by atoms with Gasteiger partial charge in [-0.25, -0.2) is 0 Å². The average Bonchev–Trinajstić information content (AvgIpc) is 2.55. The first-order valence-electron chi connectivity index (χ1n) is 7.43. The quantitative estimate of drug-likeness (QED) is 0.889. The average molecular weight is 364 g/mol. The third kappa shape index (κ3) is 2.97. The topological polar surface area (TPSA) is 76.3 Å². The van der Waals surface area contributed by atoms with E-state index in [1.54, 1.807) is 17.0 Å². The van der Waals surface area contributed by atoms with Crippen molar-refractivity contribution in [3.63, 3.8) is 0 Å². The lowest BCUT2D eigenvalue weighted by molar-refractivity contribution is 0.0676. The summed E-state index contributed by atoms with van der Waals surface area (Å²) in [6, 6.07) is 6.42. The molecule has 1 aromatic heterocycles. The molecule has 1 aliphatic rings. The Kier molecular flexibility index (Phi) is 4.47. The molecule has 0 bridgehead atoms. The molecule has 0 spiro atoms. The number of aromatic nitrogens is 1. The molecule has 0 aliphatic carbocycles. The van der Waals surface area contributed by atoms with E-state index in [9.17, 15) is 9.59 Å². The fourth-order valence-electron chi connectivity index (χ4n) is 2.96. The minimum Gasteiger partial charge on any atom is -0.364 e. The van der Waals surface area contributed by atoms with Crippen molar-refractivity contribution in [1.82, 2.24) is 9.88 Å². The number of rotatable bonds is 2. The van der Waals surface area contributed by atoms with E-state index in [1.807, 2.05) is 13.0 Å². The smallest absolute Gasteiger partial charge is 0.267 e. The van der Waals surface area contributed by atoms with E-state index in [1.165, 1.54) is 12.3 Å². The fraction of sp³-hybridized carbons (Fsp3) is 0.235. The van der Waals surface area contributed by atoms with Gasteiger partial charge in [-0.1, -0.05) is 23.2 Å². The van der Waals surface area contributed by atoms with Crippen LogP contribution in [-0.4, -0.2) is 28.2 Å². The van der Waals surface area contributed by atoms with Crippen molar-refractivity contribution in [3.8, 4) is 0 Å². The number of amides is 2. The highest BCUT2D eigenvalue weighted by Gasteiger charge is 2.30. The molecular weight excluding hydrogens is 349 g/mol. The van der Waals surface area contributed by atoms with E-state index in [-0.39, 0.29) is 17.6 Å². The van der Waals surface area contributed by atoms with Crippen LogP contribution in [0.2, 0.25) is 10.0 Å². The van der Waals surface area contributed by atoms with E-state index >= 15 is 0 Å². The maximum Gasteiger partial charge on any atom is 0.267 e. The fourth-order valence-corrected chi connectivity index (χ4v) is 3.57. The minimum atomic E-state index is -0.626. The van der Waals surface area contributed by atoms with E-state index in [0.29, 0.717) is 28.6 Å². The minimum absolute atomic E-state index is 0.127. The van der Waals surface area contributed by atoms with Crippen LogP contribution in [-0.2, 0) is 6.42 Å². The highest BCUT2D eigenvalue weighted by Crippen LogP contribution is 2.36. The molecule has 1 aliphatic heterocycles. The molecule has 0 unspecified atom stereocenters. The number of pyridine rings is 1. The molecule has 0 saturated carbocycles. The van der Waals surface area contributed by atoms with Crippen molar-refractivity contribution in [1.29, 1.82) is 0 Å². The molecule has 124 valence electrons. The molecule has 2 N–H and O–H groups in total. The molecule has 7 heteroatoms. The van der Waals surface area contributed by atoms with Crippen LogP contribution >= 0.6 is 23.2 Å². The SMILES string of the molecule is C[C@H]1c2cc(Cl)cc(Cl)c2CCN1C(=O)c1ccc(C(N)=O)nc1. The van der Waals surface area contributed by atoms with Gasteiger partial charge in [-0.05, 0) is 48.7 Å². The Morgan fingerprint density at radius 1 is 1.29 bits per heavy atom. The van der Waals surface area contributed by atoms with Crippen molar-refractivity contribution in [2.45, 2.75) is 19.4 Å². The summed E-state index contributed by atoms with van der Waals surface area (Å²) in [5, 5.41) is 1.18. The van der Waals surface area contributed by atoms with Crippen LogP contribution in [0, 0.1) is 0 Å². The molecule has 2 aromatic rings. The number of nitrogens with two attached hydrogens (primary N) is 1. The summed E-state index contributed by atoms with van der Waals surface area (Å²) in [7, 11) is 0. The molecule has 1 atom stereocenters. The third-order valence-electron chi connectivity index (χ3n) is 4.24. The molecular formula is C17H15Cl2N3O2. The molecule has 5 nitrogen and oxygen atoms in total. The summed E-state index contributed by atoms with van der Waals surface area (Å²) < 4.78 is 0. The predicted molar refractivity (Wildman–Crippen MR) is 92.4 cm³/mol. The van der Waals surface area contributed by atoms with Gasteiger partial charge in [0.05, 0.1) is 11.6 Å². The Balaban J connectivity index is 1.90. The largest absolute Gasteiger partial charge is 0.364 e. The second kappa shape index (κ2) is 6.42. The lowest BCUT2D eigenvalue weighted by atomic mass is 9.93. The summed E-state index contributed by atoms with van der Waals surface area (Å²) in [5.41, 5.74) is 7.68. The first-order valence-corrected chi connectivity index (χ1v) is 8.18. The lowest BCUT2D eigenvalue weighted by Gasteiger charge is -2.36. The third-order valence-corrected chi connectivity index (χ3v) is 4.79. The Bertz CT molecular complexity index is 821. The van der Waals surface area contributed by atoms with Crippen molar-refractivity contribution in [3.05, 3.63) is 62.9 Å². The van der Waals surface area contributed by atoms with E-state index in [2.05, 4.69) is 4.98 Å². The van der Waals surface area contributed by atoms with Crippen LogP contribution < -0.4 is 5.73 Å². The molecule has 0 saturated heterocycles. The first-order chi connectivity index (χ1) is 11.4. The van der Waals surface area contributed by atoms with Crippen molar-refractivity contribution in [2.75, 3.05) is 6.54 Å². The number of hydrogen-bond acceptors (Lipinski definition) is 3. The highest BCUT2D eigenvalue weighted by atomic mass is 35.5. The summed E-state index contributed by atoms with van der Waals surface area (Å²) >= 11 is 12.4. The van der Waals surface area contributed by atoms with Gasteiger partial charge in [-0.3, -0.25) is 14.6 Å². The zero-order valence-electron chi connectivity index (χ0n) is 12.9. The number of fused-ring (bicyclic) bond motifs is 1. The van der Waals surface area contributed by atoms with Crippen molar-refractivity contribution in [2.24, 2.45) is 5.73 Å². The van der Waals surface area contributed by atoms with Gasteiger partial charge < -0.3 is 10.6 Å². The maximum atomic E-state index is 12.8. The van der Waals surface area contributed by atoms with E-state index in [4.69, 9.17) is 28.9 Å².